The molecule has 0 spiro atoms. The monoisotopic (exact) mass is 897 g/mol. The third kappa shape index (κ3) is 8.81. The number of aliphatic hydroxyl groups is 4. The molecule has 2 bridgehead atoms. The Kier molecular flexibility index (Phi) is 15.0. The first-order chi connectivity index (χ1) is 30.4. The van der Waals surface area contributed by atoms with Gasteiger partial charge in [0.1, 0.15) is 36.6 Å². The van der Waals surface area contributed by atoms with Gasteiger partial charge in [-0.3, -0.25) is 9.59 Å². The average molecular weight is 898 g/mol. The van der Waals surface area contributed by atoms with Crippen LogP contribution in [-0.4, -0.2) is 151 Å². The van der Waals surface area contributed by atoms with E-state index in [4.69, 9.17) is 37.9 Å². The van der Waals surface area contributed by atoms with Crippen LogP contribution in [0.4, 0.5) is 4.79 Å². The molecule has 64 heavy (non-hydrogen) atoms. The molecule has 0 aromatic heterocycles. The van der Waals surface area contributed by atoms with Gasteiger partial charge in [0.2, 0.25) is 0 Å². The summed E-state index contributed by atoms with van der Waals surface area (Å²) in [7, 11) is 1.45. The van der Waals surface area contributed by atoms with Crippen molar-refractivity contribution in [1.29, 1.82) is 0 Å². The van der Waals surface area contributed by atoms with E-state index in [1.165, 1.54) is 26.2 Å². The van der Waals surface area contributed by atoms with E-state index < -0.39 is 120 Å². The number of hydrogen-bond acceptors (Lipinski definition) is 17. The Bertz CT molecular complexity index is 2040. The molecule has 2 saturated carbocycles. The summed E-state index contributed by atoms with van der Waals surface area (Å²) >= 11 is 0. The molecule has 0 radical (unpaired) electrons. The number of alkyl carbamates (subject to hydrolysis) is 1. The number of Topliss-reactive ketones (excluding diaryl/α,β-unsaturated/α-hetero) is 1. The highest BCUT2D eigenvalue weighted by molar-refractivity contribution is 5.94. The molecule has 5 N–H and O–H groups in total. The maximum atomic E-state index is 16.0. The van der Waals surface area contributed by atoms with Crippen molar-refractivity contribution in [3.05, 3.63) is 82.9 Å². The van der Waals surface area contributed by atoms with Crippen LogP contribution in [0, 0.1) is 16.7 Å². The lowest BCUT2D eigenvalue weighted by atomic mass is 9.44. The Morgan fingerprint density at radius 3 is 2.16 bits per heavy atom. The van der Waals surface area contributed by atoms with Crippen molar-refractivity contribution < 1.29 is 82.3 Å². The molecule has 4 aliphatic rings. The second-order valence-corrected chi connectivity index (χ2v) is 17.3. The zero-order chi connectivity index (χ0) is 46.6. The Morgan fingerprint density at radius 2 is 1.56 bits per heavy atom. The fourth-order valence-electron chi connectivity index (χ4n) is 10.2. The second kappa shape index (κ2) is 19.8. The molecule has 6 rings (SSSR count). The normalized spacial score (nSPS) is 31.4. The minimum absolute atomic E-state index is 0.00169. The van der Waals surface area contributed by atoms with Crippen molar-refractivity contribution >= 4 is 29.8 Å². The largest absolute Gasteiger partial charge is 0.456 e. The molecule has 3 fully saturated rings. The Morgan fingerprint density at radius 1 is 0.906 bits per heavy atom. The van der Waals surface area contributed by atoms with Gasteiger partial charge in [0.25, 0.3) is 0 Å². The number of amides is 1. The summed E-state index contributed by atoms with van der Waals surface area (Å²) in [4.78, 5) is 70.6. The van der Waals surface area contributed by atoms with Gasteiger partial charge in [-0.1, -0.05) is 62.4 Å². The van der Waals surface area contributed by atoms with Crippen LogP contribution in [0.1, 0.15) is 69.4 Å². The number of esters is 3. The molecule has 350 valence electrons. The van der Waals surface area contributed by atoms with Gasteiger partial charge >= 0.3 is 24.0 Å². The van der Waals surface area contributed by atoms with Crippen molar-refractivity contribution in [3.63, 3.8) is 0 Å². The van der Waals surface area contributed by atoms with E-state index in [2.05, 4.69) is 5.32 Å². The molecule has 1 heterocycles. The molecule has 2 aromatic carbocycles. The summed E-state index contributed by atoms with van der Waals surface area (Å²) in [5.41, 5.74) is -6.58. The van der Waals surface area contributed by atoms with Crippen LogP contribution >= 0.6 is 0 Å². The van der Waals surface area contributed by atoms with E-state index in [-0.39, 0.29) is 56.2 Å². The molecular weight excluding hydrogens is 838 g/mol. The predicted molar refractivity (Wildman–Crippen MR) is 222 cm³/mol. The molecule has 18 heteroatoms. The highest BCUT2D eigenvalue weighted by Gasteiger charge is 2.78. The number of fused-ring (bicyclic) bond motifs is 5. The molecule has 1 unspecified atom stereocenters. The van der Waals surface area contributed by atoms with Gasteiger partial charge in [0.15, 0.2) is 17.5 Å². The Balaban J connectivity index is 1.56. The summed E-state index contributed by atoms with van der Waals surface area (Å²) in [6.45, 7) is 5.84. The van der Waals surface area contributed by atoms with Gasteiger partial charge in [-0.05, 0) is 42.7 Å². The van der Waals surface area contributed by atoms with Gasteiger partial charge in [0, 0.05) is 32.3 Å². The second-order valence-electron chi connectivity index (χ2n) is 17.3. The summed E-state index contributed by atoms with van der Waals surface area (Å²) in [6.07, 6.45) is -10.4. The fraction of sp³-hybridized carbons (Fsp3) is 0.587. The highest BCUT2D eigenvalue weighted by Crippen LogP contribution is 2.65. The number of rotatable bonds is 17. The number of aliphatic hydroxyl groups excluding tert-OH is 3. The first-order valence-corrected chi connectivity index (χ1v) is 21.3. The maximum Gasteiger partial charge on any atom is 0.407 e. The van der Waals surface area contributed by atoms with E-state index >= 15 is 4.79 Å². The van der Waals surface area contributed by atoms with Crippen molar-refractivity contribution in [2.24, 2.45) is 16.7 Å². The van der Waals surface area contributed by atoms with Gasteiger partial charge in [-0.15, -0.1) is 0 Å². The summed E-state index contributed by atoms with van der Waals surface area (Å²) in [5, 5.41) is 47.2. The maximum absolute atomic E-state index is 16.0. The standard InChI is InChI=1S/C46H59NO17/c1-26-30(62-41(54)35(51)34(28-13-9-7-10-14-28)47-42(55)60-20-18-49)24-46(56)39(63-40(53)29-15-11-8-12-16-29)37-44(5,38(52)36(59-22-21-57-6)33(26)43(46,3)4)31(58-19-17-48)23-32-45(37,25-61-32)64-27(2)50/h7-16,30-32,34-37,39,48-49,51,56H,17-25H2,1-6H3,(H,47,55)/t30-,31-,32+,34-,35+,36+,37?,39-,44+,45-,46+/m0/s1. The van der Waals surface area contributed by atoms with Crippen LogP contribution in [0.15, 0.2) is 71.8 Å². The quantitative estimate of drug-likeness (QED) is 0.0660. The first-order valence-electron chi connectivity index (χ1n) is 21.3. The number of ketones is 1. The van der Waals surface area contributed by atoms with E-state index in [9.17, 15) is 39.6 Å². The third-order valence-corrected chi connectivity index (χ3v) is 13.4. The third-order valence-electron chi connectivity index (χ3n) is 13.4. The van der Waals surface area contributed by atoms with Gasteiger partial charge in [-0.2, -0.15) is 0 Å². The number of hydrogen-bond donors (Lipinski definition) is 5. The van der Waals surface area contributed by atoms with Crippen molar-refractivity contribution in [1.82, 2.24) is 5.32 Å². The van der Waals surface area contributed by atoms with Crippen LogP contribution in [0.25, 0.3) is 0 Å². The number of carbonyl (C=O) groups excluding carboxylic acids is 5. The van der Waals surface area contributed by atoms with Gasteiger partial charge < -0.3 is 63.6 Å². The number of nitrogens with one attached hydrogen (secondary N) is 1. The molecular formula is C46H59NO17. The first kappa shape index (κ1) is 48.7. The number of ether oxygens (including phenoxy) is 8. The van der Waals surface area contributed by atoms with E-state index in [0.717, 1.165) is 0 Å². The van der Waals surface area contributed by atoms with Crippen molar-refractivity contribution in [2.75, 3.05) is 53.4 Å². The van der Waals surface area contributed by atoms with Crippen LogP contribution in [0.3, 0.4) is 0 Å². The Hall–Kier alpha value is -4.79. The fourth-order valence-corrected chi connectivity index (χ4v) is 10.2. The van der Waals surface area contributed by atoms with Gasteiger partial charge in [0.05, 0.1) is 68.7 Å². The van der Waals surface area contributed by atoms with E-state index in [1.807, 2.05) is 0 Å². The highest BCUT2D eigenvalue weighted by atomic mass is 16.6. The van der Waals surface area contributed by atoms with E-state index in [1.54, 1.807) is 76.2 Å². The molecule has 11 atom stereocenters. The molecule has 1 aliphatic heterocycles. The van der Waals surface area contributed by atoms with Crippen LogP contribution < -0.4 is 5.32 Å². The van der Waals surface area contributed by atoms with Crippen LogP contribution in [0.5, 0.6) is 0 Å². The molecule has 1 saturated heterocycles. The lowest BCUT2D eigenvalue weighted by molar-refractivity contribution is -0.349. The minimum atomic E-state index is -2.32. The Labute approximate surface area is 371 Å². The summed E-state index contributed by atoms with van der Waals surface area (Å²) in [5.74, 6) is -4.93. The summed E-state index contributed by atoms with van der Waals surface area (Å²) in [6, 6.07) is 14.6. The average Bonchev–Trinajstić information content (AvgIpc) is 3.26. The van der Waals surface area contributed by atoms with Crippen molar-refractivity contribution in [3.8, 4) is 0 Å². The predicted octanol–water partition coefficient (Wildman–Crippen LogP) is 2.14. The molecule has 18 nitrogen and oxygen atoms in total. The van der Waals surface area contributed by atoms with Crippen molar-refractivity contribution in [2.45, 2.75) is 101 Å². The molecule has 2 aromatic rings. The topological polar surface area (TPSA) is 252 Å². The molecule has 3 aliphatic carbocycles. The van der Waals surface area contributed by atoms with E-state index in [0.29, 0.717) is 5.56 Å². The molecule has 1 amide bonds. The zero-order valence-electron chi connectivity index (χ0n) is 36.9. The van der Waals surface area contributed by atoms with Crippen LogP contribution in [-0.2, 0) is 52.3 Å². The lowest BCUT2D eigenvalue weighted by Crippen LogP contribution is -2.82. The number of benzene rings is 2. The van der Waals surface area contributed by atoms with Crippen LogP contribution in [0.2, 0.25) is 0 Å². The smallest absolute Gasteiger partial charge is 0.407 e. The number of methoxy groups -OCH3 is 1. The SMILES string of the molecule is COCCO[C@H]1C(=O)[C@@]2(C)C([C@H](OC(=O)c3ccccc3)[C@]3(O)C[C@H](OC(=O)[C@H](O)[C@@H](NC(=O)OCCO)c4ccccc4)C(C)=C1C3(C)C)[C@]1(OC(C)=O)CO[C@@H]1C[C@@H]2OCCO. The minimum Gasteiger partial charge on any atom is -0.456 e. The lowest BCUT2D eigenvalue weighted by Gasteiger charge is -2.68. The van der Waals surface area contributed by atoms with Gasteiger partial charge in [-0.25, -0.2) is 14.4 Å². The number of carbonyl (C=O) groups is 5. The zero-order valence-corrected chi connectivity index (χ0v) is 36.9. The summed E-state index contributed by atoms with van der Waals surface area (Å²) < 4.78 is 47.9.